The minimum Gasteiger partial charge on any atom is -0.207 e. The molecule has 0 spiro atoms. The summed E-state index contributed by atoms with van der Waals surface area (Å²) in [6.07, 6.45) is 8.83. The molecule has 0 nitrogen and oxygen atoms in total. The summed E-state index contributed by atoms with van der Waals surface area (Å²) in [5.74, 6) is 4.61. The third kappa shape index (κ3) is 6.16. The maximum absolute atomic E-state index is 13.5. The Morgan fingerprint density at radius 3 is 2.25 bits per heavy atom. The van der Waals surface area contributed by atoms with Gasteiger partial charge < -0.3 is 0 Å². The Balaban J connectivity index is 1.86. The molecule has 0 saturated carbocycles. The first-order chi connectivity index (χ1) is 11.7. The van der Waals surface area contributed by atoms with Gasteiger partial charge in [0.25, 0.3) is 0 Å². The van der Waals surface area contributed by atoms with Gasteiger partial charge in [-0.05, 0) is 48.7 Å². The summed E-state index contributed by atoms with van der Waals surface area (Å²) in [4.78, 5) is 0. The lowest BCUT2D eigenvalue weighted by Gasteiger charge is -2.02. The molecular weight excluding hydrogens is 302 g/mol. The molecule has 0 aromatic heterocycles. The van der Waals surface area contributed by atoms with Gasteiger partial charge >= 0.3 is 0 Å². The van der Waals surface area contributed by atoms with Gasteiger partial charge in [0.05, 0.1) is 5.56 Å². The first-order valence-electron chi connectivity index (χ1n) is 8.75. The lowest BCUT2D eigenvalue weighted by atomic mass is 10.0. The smallest absolute Gasteiger partial charge is 0.139 e. The number of hydrogen-bond acceptors (Lipinski definition) is 0. The summed E-state index contributed by atoms with van der Waals surface area (Å²) in [5.41, 5.74) is 2.20. The number of benzene rings is 2. The zero-order chi connectivity index (χ0) is 17.2. The number of rotatable bonds is 7. The van der Waals surface area contributed by atoms with Crippen LogP contribution >= 0.6 is 0 Å². The summed E-state index contributed by atoms with van der Waals surface area (Å²) in [5, 5.41) is 0. The summed E-state index contributed by atoms with van der Waals surface area (Å²) in [6.45, 7) is 2.23. The largest absolute Gasteiger partial charge is 0.207 e. The molecule has 0 aliphatic carbocycles. The predicted octanol–water partition coefficient (Wildman–Crippen LogP) is 6.27. The average molecular weight is 326 g/mol. The third-order valence-electron chi connectivity index (χ3n) is 4.04. The molecule has 2 rings (SSSR count). The highest BCUT2D eigenvalue weighted by atomic mass is 19.1. The van der Waals surface area contributed by atoms with Crippen molar-refractivity contribution in [1.82, 2.24) is 0 Å². The molecule has 126 valence electrons. The van der Waals surface area contributed by atoms with E-state index in [9.17, 15) is 8.78 Å². The molecule has 0 saturated heterocycles. The number of hydrogen-bond donors (Lipinski definition) is 0. The van der Waals surface area contributed by atoms with Crippen LogP contribution in [0.2, 0.25) is 0 Å². The van der Waals surface area contributed by atoms with Crippen molar-refractivity contribution in [3.05, 3.63) is 70.8 Å². The van der Waals surface area contributed by atoms with Gasteiger partial charge in [-0.15, -0.1) is 0 Å². The Hall–Kier alpha value is -2.14. The van der Waals surface area contributed by atoms with Crippen molar-refractivity contribution in [2.45, 2.75) is 51.9 Å². The predicted molar refractivity (Wildman–Crippen MR) is 95.9 cm³/mol. The van der Waals surface area contributed by atoms with Crippen LogP contribution in [0, 0.1) is 23.5 Å². The van der Waals surface area contributed by atoms with Gasteiger partial charge in [0, 0.05) is 5.56 Å². The summed E-state index contributed by atoms with van der Waals surface area (Å²) in [6, 6.07) is 11.3. The Kier molecular flexibility index (Phi) is 7.49. The number of aryl methyl sites for hydroxylation is 1. The fraction of sp³-hybridized carbons (Fsp3) is 0.364. The van der Waals surface area contributed by atoms with E-state index in [1.807, 2.05) is 12.1 Å². The highest BCUT2D eigenvalue weighted by Crippen LogP contribution is 2.12. The fourth-order valence-corrected chi connectivity index (χ4v) is 2.60. The first-order valence-corrected chi connectivity index (χ1v) is 8.75. The summed E-state index contributed by atoms with van der Waals surface area (Å²) >= 11 is 0. The molecule has 2 aromatic carbocycles. The van der Waals surface area contributed by atoms with E-state index in [0.29, 0.717) is 0 Å². The molecule has 2 heteroatoms. The summed E-state index contributed by atoms with van der Waals surface area (Å²) in [7, 11) is 0. The molecule has 0 unspecified atom stereocenters. The van der Waals surface area contributed by atoms with Crippen LogP contribution in [0.15, 0.2) is 42.5 Å². The van der Waals surface area contributed by atoms with E-state index < -0.39 is 11.6 Å². The topological polar surface area (TPSA) is 0 Å². The lowest BCUT2D eigenvalue weighted by Crippen LogP contribution is -1.87. The second-order valence-electron chi connectivity index (χ2n) is 6.09. The van der Waals surface area contributed by atoms with E-state index in [1.54, 1.807) is 0 Å². The van der Waals surface area contributed by atoms with E-state index in [4.69, 9.17) is 0 Å². The van der Waals surface area contributed by atoms with Crippen molar-refractivity contribution in [3.8, 4) is 11.8 Å². The third-order valence-corrected chi connectivity index (χ3v) is 4.04. The quantitative estimate of drug-likeness (QED) is 0.415. The van der Waals surface area contributed by atoms with Crippen molar-refractivity contribution < 1.29 is 8.78 Å². The Morgan fingerprint density at radius 1 is 0.792 bits per heavy atom. The normalized spacial score (nSPS) is 10.3. The van der Waals surface area contributed by atoms with Crippen molar-refractivity contribution in [1.29, 1.82) is 0 Å². The van der Waals surface area contributed by atoms with Crippen LogP contribution in [-0.4, -0.2) is 0 Å². The van der Waals surface area contributed by atoms with E-state index in [1.165, 1.54) is 44.1 Å². The highest BCUT2D eigenvalue weighted by molar-refractivity contribution is 5.44. The molecule has 0 aliphatic rings. The van der Waals surface area contributed by atoms with Crippen molar-refractivity contribution >= 4 is 0 Å². The minimum atomic E-state index is -0.497. The maximum Gasteiger partial charge on any atom is 0.139 e. The van der Waals surface area contributed by atoms with E-state index in [0.717, 1.165) is 30.2 Å². The lowest BCUT2D eigenvalue weighted by molar-refractivity contribution is 0.597. The average Bonchev–Trinajstić information content (AvgIpc) is 2.60. The second-order valence-corrected chi connectivity index (χ2v) is 6.09. The van der Waals surface area contributed by atoms with Crippen molar-refractivity contribution in [3.63, 3.8) is 0 Å². The second kappa shape index (κ2) is 9.88. The van der Waals surface area contributed by atoms with Crippen LogP contribution in [-0.2, 0) is 6.42 Å². The van der Waals surface area contributed by atoms with Crippen LogP contribution in [0.3, 0.4) is 0 Å². The van der Waals surface area contributed by atoms with Crippen LogP contribution < -0.4 is 0 Å². The Labute approximate surface area is 143 Å². The van der Waals surface area contributed by atoms with E-state index in [-0.39, 0.29) is 5.56 Å². The van der Waals surface area contributed by atoms with E-state index >= 15 is 0 Å². The highest BCUT2D eigenvalue weighted by Gasteiger charge is 2.00. The maximum atomic E-state index is 13.5. The van der Waals surface area contributed by atoms with Gasteiger partial charge in [-0.25, -0.2) is 8.78 Å². The van der Waals surface area contributed by atoms with Crippen LogP contribution in [0.4, 0.5) is 8.78 Å². The molecule has 0 N–H and O–H groups in total. The van der Waals surface area contributed by atoms with E-state index in [2.05, 4.69) is 30.9 Å². The SMILES string of the molecule is CCCCCCCCc1ccc(C#Cc2cc(F)ccc2F)cc1. The van der Waals surface area contributed by atoms with Crippen molar-refractivity contribution in [2.24, 2.45) is 0 Å². The van der Waals surface area contributed by atoms with Gasteiger partial charge in [0.15, 0.2) is 0 Å². The van der Waals surface area contributed by atoms with Gasteiger partial charge in [-0.1, -0.05) is 63.0 Å². The molecule has 0 heterocycles. The van der Waals surface area contributed by atoms with Gasteiger partial charge in [-0.3, -0.25) is 0 Å². The minimum absolute atomic E-state index is 0.0890. The summed E-state index contributed by atoms with van der Waals surface area (Å²) < 4.78 is 26.6. The van der Waals surface area contributed by atoms with Crippen molar-refractivity contribution in [2.75, 3.05) is 0 Å². The fourth-order valence-electron chi connectivity index (χ4n) is 2.60. The van der Waals surface area contributed by atoms with Crippen LogP contribution in [0.5, 0.6) is 0 Å². The number of unbranched alkanes of at least 4 members (excludes halogenated alkanes) is 5. The van der Waals surface area contributed by atoms with Gasteiger partial charge in [0.2, 0.25) is 0 Å². The molecule has 0 bridgehead atoms. The van der Waals surface area contributed by atoms with Gasteiger partial charge in [-0.2, -0.15) is 0 Å². The zero-order valence-electron chi connectivity index (χ0n) is 14.2. The molecule has 0 fully saturated rings. The molecule has 0 radical (unpaired) electrons. The number of halogens is 2. The molecule has 24 heavy (non-hydrogen) atoms. The van der Waals surface area contributed by atoms with Crippen LogP contribution in [0.1, 0.15) is 62.1 Å². The molecule has 2 aromatic rings. The Morgan fingerprint density at radius 2 is 1.50 bits per heavy atom. The standard InChI is InChI=1S/C22H24F2/c1-2-3-4-5-6-7-8-18-9-11-19(12-10-18)13-14-20-17-21(23)15-16-22(20)24/h9-12,15-17H,2-8H2,1H3. The molecule has 0 aliphatic heterocycles. The molecule has 0 amide bonds. The molecular formula is C22H24F2. The van der Waals surface area contributed by atoms with Crippen LogP contribution in [0.25, 0.3) is 0 Å². The Bertz CT molecular complexity index is 690. The monoisotopic (exact) mass is 326 g/mol. The molecule has 0 atom stereocenters. The zero-order valence-corrected chi connectivity index (χ0v) is 14.2. The first kappa shape index (κ1) is 18.2. The van der Waals surface area contributed by atoms with Gasteiger partial charge in [0.1, 0.15) is 11.6 Å².